The van der Waals surface area contributed by atoms with Crippen molar-refractivity contribution in [2.75, 3.05) is 11.9 Å². The first-order valence-electron chi connectivity index (χ1n) is 10.5. The zero-order valence-corrected chi connectivity index (χ0v) is 20.9. The van der Waals surface area contributed by atoms with Gasteiger partial charge in [0.2, 0.25) is 0 Å². The van der Waals surface area contributed by atoms with Crippen molar-refractivity contribution < 1.29 is 23.9 Å². The lowest BCUT2D eigenvalue weighted by Crippen LogP contribution is -2.32. The fourth-order valence-corrected chi connectivity index (χ4v) is 3.22. The molecule has 0 saturated heterocycles. The fourth-order valence-electron chi connectivity index (χ4n) is 2.71. The van der Waals surface area contributed by atoms with Crippen LogP contribution in [0.25, 0.3) is 0 Å². The van der Waals surface area contributed by atoms with Crippen molar-refractivity contribution in [2.45, 2.75) is 13.3 Å². The molecule has 2 N–H and O–H groups in total. The van der Waals surface area contributed by atoms with Crippen LogP contribution in [-0.4, -0.2) is 30.6 Å². The van der Waals surface area contributed by atoms with Crippen LogP contribution in [0, 0.1) is 0 Å². The molecule has 35 heavy (non-hydrogen) atoms. The monoisotopic (exact) mass is 557 g/mol. The first-order valence-corrected chi connectivity index (χ1v) is 11.7. The van der Waals surface area contributed by atoms with Crippen LogP contribution in [0.15, 0.2) is 76.3 Å². The molecule has 0 fully saturated rings. The van der Waals surface area contributed by atoms with Gasteiger partial charge in [0.05, 0.1) is 18.4 Å². The van der Waals surface area contributed by atoms with Crippen molar-refractivity contribution in [3.63, 3.8) is 0 Å². The summed E-state index contributed by atoms with van der Waals surface area (Å²) in [5.41, 5.74) is 3.28. The third-order valence-electron chi connectivity index (χ3n) is 4.42. The summed E-state index contributed by atoms with van der Waals surface area (Å²) in [4.78, 5) is 36.7. The van der Waals surface area contributed by atoms with Gasteiger partial charge >= 0.3 is 17.8 Å². The van der Waals surface area contributed by atoms with Crippen molar-refractivity contribution in [3.8, 4) is 11.5 Å². The maximum Gasteiger partial charge on any atom is 0.343 e. The number of hydrogen-bond donors (Lipinski definition) is 2. The summed E-state index contributed by atoms with van der Waals surface area (Å²) in [5.74, 6) is -1.58. The smallest absolute Gasteiger partial charge is 0.343 e. The lowest BCUT2D eigenvalue weighted by molar-refractivity contribution is -0.136. The third-order valence-corrected chi connectivity index (χ3v) is 5.16. The van der Waals surface area contributed by atoms with Gasteiger partial charge in [0.1, 0.15) is 11.5 Å². The Morgan fingerprint density at radius 2 is 1.71 bits per heavy atom. The molecule has 0 radical (unpaired) electrons. The molecule has 0 aliphatic rings. The highest BCUT2D eigenvalue weighted by atomic mass is 79.9. The van der Waals surface area contributed by atoms with Gasteiger partial charge in [0, 0.05) is 20.7 Å². The summed E-state index contributed by atoms with van der Waals surface area (Å²) >= 11 is 9.14. The Hall–Kier alpha value is -3.69. The lowest BCUT2D eigenvalue weighted by Gasteiger charge is -2.09. The molecule has 0 bridgehead atoms. The molecule has 0 atom stereocenters. The van der Waals surface area contributed by atoms with Crippen molar-refractivity contribution in [2.24, 2.45) is 5.10 Å². The molecule has 0 aliphatic carbocycles. The Kier molecular flexibility index (Phi) is 9.39. The number of hydrazone groups is 1. The number of nitrogens with zero attached hydrogens (tertiary/aromatic N) is 1. The number of carbonyl (C=O) groups is 3. The average molecular weight is 559 g/mol. The Morgan fingerprint density at radius 1 is 1.00 bits per heavy atom. The van der Waals surface area contributed by atoms with Gasteiger partial charge in [0.15, 0.2) is 0 Å². The van der Waals surface area contributed by atoms with E-state index in [0.717, 1.165) is 6.42 Å². The first-order chi connectivity index (χ1) is 16.9. The SMILES string of the molecule is CCCOc1ccc(C(=O)Oc2ccc(Br)cc2C=NNC(=O)C(=O)Nc2ccc(Cl)cc2)cc1. The van der Waals surface area contributed by atoms with Gasteiger partial charge in [-0.05, 0) is 73.2 Å². The third kappa shape index (κ3) is 7.94. The summed E-state index contributed by atoms with van der Waals surface area (Å²) in [6.07, 6.45) is 2.15. The molecule has 0 saturated carbocycles. The molecule has 10 heteroatoms. The van der Waals surface area contributed by atoms with Crippen molar-refractivity contribution >= 4 is 57.2 Å². The molecule has 0 spiro atoms. The summed E-state index contributed by atoms with van der Waals surface area (Å²) < 4.78 is 11.7. The summed E-state index contributed by atoms with van der Waals surface area (Å²) in [7, 11) is 0. The van der Waals surface area contributed by atoms with Gasteiger partial charge in [-0.2, -0.15) is 5.10 Å². The van der Waals surface area contributed by atoms with E-state index in [1.807, 2.05) is 6.92 Å². The molecule has 0 aliphatic heterocycles. The number of ether oxygens (including phenoxy) is 2. The van der Waals surface area contributed by atoms with Crippen molar-refractivity contribution in [1.29, 1.82) is 0 Å². The van der Waals surface area contributed by atoms with Gasteiger partial charge in [-0.25, -0.2) is 10.2 Å². The van der Waals surface area contributed by atoms with E-state index in [9.17, 15) is 14.4 Å². The molecule has 0 heterocycles. The largest absolute Gasteiger partial charge is 0.494 e. The number of esters is 1. The van der Waals surface area contributed by atoms with Crippen LogP contribution in [0.5, 0.6) is 11.5 Å². The Labute approximate surface area is 215 Å². The zero-order chi connectivity index (χ0) is 25.2. The predicted octanol–water partition coefficient (Wildman–Crippen LogP) is 5.20. The summed E-state index contributed by atoms with van der Waals surface area (Å²) in [6.45, 7) is 2.59. The minimum Gasteiger partial charge on any atom is -0.494 e. The number of rotatable bonds is 8. The minimum atomic E-state index is -0.977. The number of halogens is 2. The maximum atomic E-state index is 12.6. The Bertz CT molecular complexity index is 1230. The average Bonchev–Trinajstić information content (AvgIpc) is 2.85. The van der Waals surface area contributed by atoms with E-state index >= 15 is 0 Å². The number of carbonyl (C=O) groups excluding carboxylic acids is 3. The highest BCUT2D eigenvalue weighted by Crippen LogP contribution is 2.23. The van der Waals surface area contributed by atoms with Crippen LogP contribution in [-0.2, 0) is 9.59 Å². The van der Waals surface area contributed by atoms with Gasteiger partial charge in [0.25, 0.3) is 0 Å². The molecule has 2 amide bonds. The molecule has 0 unspecified atom stereocenters. The fraction of sp³-hybridized carbons (Fsp3) is 0.120. The molecule has 3 aromatic rings. The van der Waals surface area contributed by atoms with E-state index in [1.165, 1.54) is 6.21 Å². The molecule has 8 nitrogen and oxygen atoms in total. The molecule has 180 valence electrons. The van der Waals surface area contributed by atoms with Gasteiger partial charge in [-0.1, -0.05) is 34.5 Å². The van der Waals surface area contributed by atoms with E-state index in [4.69, 9.17) is 21.1 Å². The summed E-state index contributed by atoms with van der Waals surface area (Å²) in [5, 5.41) is 6.73. The second-order valence-corrected chi connectivity index (χ2v) is 8.46. The molecular weight excluding hydrogens is 538 g/mol. The van der Waals surface area contributed by atoms with E-state index in [-0.39, 0.29) is 5.75 Å². The Morgan fingerprint density at radius 3 is 2.40 bits per heavy atom. The van der Waals surface area contributed by atoms with Crippen molar-refractivity contribution in [3.05, 3.63) is 87.4 Å². The number of hydrogen-bond acceptors (Lipinski definition) is 6. The first kappa shape index (κ1) is 25.9. The highest BCUT2D eigenvalue weighted by molar-refractivity contribution is 9.10. The van der Waals surface area contributed by atoms with Crippen LogP contribution in [0.1, 0.15) is 29.3 Å². The van der Waals surface area contributed by atoms with Gasteiger partial charge < -0.3 is 14.8 Å². The lowest BCUT2D eigenvalue weighted by atomic mass is 10.2. The van der Waals surface area contributed by atoms with Crippen LogP contribution in [0.2, 0.25) is 5.02 Å². The molecule has 3 aromatic carbocycles. The normalized spacial score (nSPS) is 10.6. The quantitative estimate of drug-likeness (QED) is 0.130. The minimum absolute atomic E-state index is 0.216. The topological polar surface area (TPSA) is 106 Å². The van der Waals surface area contributed by atoms with Crippen LogP contribution < -0.4 is 20.2 Å². The van der Waals surface area contributed by atoms with Gasteiger partial charge in [-0.3, -0.25) is 9.59 Å². The summed E-state index contributed by atoms with van der Waals surface area (Å²) in [6, 6.07) is 17.8. The zero-order valence-electron chi connectivity index (χ0n) is 18.6. The van der Waals surface area contributed by atoms with E-state index in [0.29, 0.717) is 38.7 Å². The van der Waals surface area contributed by atoms with Crippen molar-refractivity contribution in [1.82, 2.24) is 5.43 Å². The highest BCUT2D eigenvalue weighted by Gasteiger charge is 2.14. The number of anilines is 1. The van der Waals surface area contributed by atoms with Crippen LogP contribution in [0.4, 0.5) is 5.69 Å². The van der Waals surface area contributed by atoms with Crippen LogP contribution >= 0.6 is 27.5 Å². The van der Waals surface area contributed by atoms with Gasteiger partial charge in [-0.15, -0.1) is 0 Å². The predicted molar refractivity (Wildman–Crippen MR) is 137 cm³/mol. The van der Waals surface area contributed by atoms with Crippen LogP contribution in [0.3, 0.4) is 0 Å². The maximum absolute atomic E-state index is 12.6. The van der Waals surface area contributed by atoms with E-state index < -0.39 is 17.8 Å². The standard InChI is InChI=1S/C25H21BrClN3O5/c1-2-13-34-21-10-3-16(4-11-21)25(33)35-22-12-5-18(26)14-17(22)15-28-30-24(32)23(31)29-20-8-6-19(27)7-9-20/h3-12,14-15H,2,13H2,1H3,(H,29,31)(H,30,32). The Balaban J connectivity index is 1.63. The number of amides is 2. The molecule has 0 aromatic heterocycles. The number of benzene rings is 3. The van der Waals surface area contributed by atoms with E-state index in [2.05, 4.69) is 31.8 Å². The second kappa shape index (κ2) is 12.7. The van der Waals surface area contributed by atoms with E-state index in [1.54, 1.807) is 66.7 Å². The molecule has 3 rings (SSSR count). The molecular formula is C25H21BrClN3O5. The second-order valence-electron chi connectivity index (χ2n) is 7.10. The number of nitrogens with one attached hydrogen (secondary N) is 2.